The molecule has 1 aromatic rings. The second kappa shape index (κ2) is 6.78. The van der Waals surface area contributed by atoms with Crippen LogP contribution in [0.3, 0.4) is 0 Å². The van der Waals surface area contributed by atoms with Gasteiger partial charge < -0.3 is 10.2 Å². The molecule has 100 valence electrons. The summed E-state index contributed by atoms with van der Waals surface area (Å²) in [4.78, 5) is 24.8. The van der Waals surface area contributed by atoms with E-state index in [1.54, 1.807) is 18.1 Å². The normalized spacial score (nSPS) is 11.9. The van der Waals surface area contributed by atoms with Gasteiger partial charge in [-0.15, -0.1) is 0 Å². The van der Waals surface area contributed by atoms with Gasteiger partial charge in [0.1, 0.15) is 6.04 Å². The maximum atomic E-state index is 12.2. The maximum absolute atomic E-state index is 12.2. The van der Waals surface area contributed by atoms with Crippen molar-refractivity contribution in [2.75, 3.05) is 7.05 Å². The third-order valence-corrected chi connectivity index (χ3v) is 2.60. The minimum atomic E-state index is -0.444. The number of amides is 2. The number of aromatic amines is 1. The molecule has 0 bridgehead atoms. The number of likely N-dealkylation sites (N-methyl/N-ethyl adjacent to an activating group) is 1. The molecule has 1 atom stereocenters. The first-order chi connectivity index (χ1) is 8.54. The van der Waals surface area contributed by atoms with Gasteiger partial charge in [-0.1, -0.05) is 13.3 Å². The van der Waals surface area contributed by atoms with Crippen LogP contribution in [-0.4, -0.2) is 40.0 Å². The van der Waals surface area contributed by atoms with Crippen molar-refractivity contribution in [3.63, 3.8) is 0 Å². The summed E-state index contributed by atoms with van der Waals surface area (Å²) in [6, 6.07) is 1.37. The largest absolute Gasteiger partial charge is 0.345 e. The summed E-state index contributed by atoms with van der Waals surface area (Å²) >= 11 is 0. The van der Waals surface area contributed by atoms with Crippen LogP contribution in [0.15, 0.2) is 12.3 Å². The molecule has 1 heterocycles. The van der Waals surface area contributed by atoms with Gasteiger partial charge in [-0.05, 0) is 12.5 Å². The molecule has 6 heteroatoms. The Bertz CT molecular complexity index is 389. The Morgan fingerprint density at radius 1 is 1.56 bits per heavy atom. The molecule has 0 saturated heterocycles. The number of rotatable bonds is 6. The average molecular weight is 252 g/mol. The molecule has 0 aliphatic rings. The van der Waals surface area contributed by atoms with Crippen molar-refractivity contribution < 1.29 is 9.59 Å². The molecule has 1 unspecified atom stereocenters. The monoisotopic (exact) mass is 252 g/mol. The number of hydrogen-bond donors (Lipinski definition) is 2. The molecular formula is C12H20N4O2. The molecule has 0 radical (unpaired) electrons. The highest BCUT2D eigenvalue weighted by Crippen LogP contribution is 2.05. The van der Waals surface area contributed by atoms with E-state index in [1.807, 2.05) is 13.0 Å². The molecule has 0 aliphatic heterocycles. The Morgan fingerprint density at radius 3 is 2.78 bits per heavy atom. The van der Waals surface area contributed by atoms with E-state index >= 15 is 0 Å². The first kappa shape index (κ1) is 14.2. The van der Waals surface area contributed by atoms with Crippen LogP contribution < -0.4 is 5.32 Å². The lowest BCUT2D eigenvalue weighted by molar-refractivity contribution is -0.135. The molecule has 1 aromatic heterocycles. The average Bonchev–Trinajstić information content (AvgIpc) is 2.79. The zero-order chi connectivity index (χ0) is 13.5. The fourth-order valence-electron chi connectivity index (χ4n) is 1.76. The second-order valence-electron chi connectivity index (χ2n) is 4.32. The molecule has 0 fully saturated rings. The maximum Gasteiger partial charge on any atom is 0.245 e. The first-order valence-corrected chi connectivity index (χ1v) is 6.05. The number of nitrogens with zero attached hydrogens (tertiary/aromatic N) is 2. The van der Waals surface area contributed by atoms with E-state index in [4.69, 9.17) is 0 Å². The van der Waals surface area contributed by atoms with Crippen LogP contribution in [0.5, 0.6) is 0 Å². The van der Waals surface area contributed by atoms with Gasteiger partial charge >= 0.3 is 0 Å². The van der Waals surface area contributed by atoms with Crippen LogP contribution in [0, 0.1) is 0 Å². The summed E-state index contributed by atoms with van der Waals surface area (Å²) in [5.41, 5.74) is 0.865. The van der Waals surface area contributed by atoms with Crippen molar-refractivity contribution in [3.8, 4) is 0 Å². The van der Waals surface area contributed by atoms with Crippen LogP contribution in [-0.2, 0) is 16.1 Å². The number of aromatic nitrogens is 2. The third kappa shape index (κ3) is 4.20. The number of hydrogen-bond acceptors (Lipinski definition) is 3. The number of carbonyl (C=O) groups is 2. The third-order valence-electron chi connectivity index (χ3n) is 2.60. The van der Waals surface area contributed by atoms with Gasteiger partial charge in [0, 0.05) is 20.2 Å². The minimum absolute atomic E-state index is 0.0818. The Balaban J connectivity index is 2.60. The molecule has 0 aliphatic carbocycles. The predicted octanol–water partition coefficient (Wildman–Crippen LogP) is 0.673. The van der Waals surface area contributed by atoms with E-state index in [0.717, 1.165) is 12.1 Å². The van der Waals surface area contributed by atoms with E-state index in [-0.39, 0.29) is 11.8 Å². The zero-order valence-corrected chi connectivity index (χ0v) is 11.1. The van der Waals surface area contributed by atoms with Gasteiger partial charge in [0.15, 0.2) is 0 Å². The number of H-pyrrole nitrogens is 1. The Labute approximate surface area is 107 Å². The van der Waals surface area contributed by atoms with Crippen molar-refractivity contribution in [1.29, 1.82) is 0 Å². The predicted molar refractivity (Wildman–Crippen MR) is 67.6 cm³/mol. The van der Waals surface area contributed by atoms with E-state index in [2.05, 4.69) is 15.5 Å². The zero-order valence-electron chi connectivity index (χ0n) is 11.1. The summed E-state index contributed by atoms with van der Waals surface area (Å²) in [5, 5.41) is 9.32. The van der Waals surface area contributed by atoms with Crippen LogP contribution in [0.1, 0.15) is 32.4 Å². The summed E-state index contributed by atoms with van der Waals surface area (Å²) in [6.45, 7) is 3.86. The Kier molecular flexibility index (Phi) is 5.35. The van der Waals surface area contributed by atoms with Crippen molar-refractivity contribution >= 4 is 11.8 Å². The van der Waals surface area contributed by atoms with Crippen LogP contribution >= 0.6 is 0 Å². The second-order valence-corrected chi connectivity index (χ2v) is 4.32. The van der Waals surface area contributed by atoms with Crippen LogP contribution in [0.25, 0.3) is 0 Å². The van der Waals surface area contributed by atoms with Gasteiger partial charge in [0.05, 0.1) is 12.2 Å². The van der Waals surface area contributed by atoms with Crippen molar-refractivity contribution in [1.82, 2.24) is 20.4 Å². The van der Waals surface area contributed by atoms with Gasteiger partial charge in [0.25, 0.3) is 0 Å². The minimum Gasteiger partial charge on any atom is -0.345 e. The molecule has 2 amide bonds. The smallest absolute Gasteiger partial charge is 0.245 e. The molecule has 18 heavy (non-hydrogen) atoms. The van der Waals surface area contributed by atoms with Crippen LogP contribution in [0.2, 0.25) is 0 Å². The summed E-state index contributed by atoms with van der Waals surface area (Å²) in [5.74, 6) is -0.265. The molecule has 0 aromatic carbocycles. The molecule has 0 saturated carbocycles. The Morgan fingerprint density at radius 2 is 2.28 bits per heavy atom. The lowest BCUT2D eigenvalue weighted by Crippen LogP contribution is -2.46. The molecule has 6 nitrogen and oxygen atoms in total. The molecule has 0 spiro atoms. The lowest BCUT2D eigenvalue weighted by Gasteiger charge is -2.23. The fraction of sp³-hybridized carbons (Fsp3) is 0.583. The van der Waals surface area contributed by atoms with Crippen molar-refractivity contribution in [2.45, 2.75) is 39.3 Å². The van der Waals surface area contributed by atoms with Gasteiger partial charge in [-0.25, -0.2) is 0 Å². The summed E-state index contributed by atoms with van der Waals surface area (Å²) < 4.78 is 0. The van der Waals surface area contributed by atoms with Crippen molar-refractivity contribution in [3.05, 3.63) is 18.0 Å². The fourth-order valence-corrected chi connectivity index (χ4v) is 1.76. The van der Waals surface area contributed by atoms with E-state index < -0.39 is 6.04 Å². The first-order valence-electron chi connectivity index (χ1n) is 6.05. The van der Waals surface area contributed by atoms with Crippen LogP contribution in [0.4, 0.5) is 0 Å². The highest BCUT2D eigenvalue weighted by Gasteiger charge is 2.22. The summed E-state index contributed by atoms with van der Waals surface area (Å²) in [7, 11) is 1.72. The lowest BCUT2D eigenvalue weighted by atomic mass is 10.1. The highest BCUT2D eigenvalue weighted by molar-refractivity contribution is 5.86. The standard InChI is InChI=1S/C12H20N4O2/c1-4-5-11(14-9(2)17)12(18)16(3)8-10-6-7-13-15-10/h6-7,11H,4-5,8H2,1-3H3,(H,13,15)(H,14,17). The molecule has 2 N–H and O–H groups in total. The Hall–Kier alpha value is -1.85. The van der Waals surface area contributed by atoms with Gasteiger partial charge in [-0.2, -0.15) is 5.10 Å². The SMILES string of the molecule is CCCC(NC(C)=O)C(=O)N(C)Cc1ccn[nH]1. The number of carbonyl (C=O) groups excluding carboxylic acids is 2. The quantitative estimate of drug-likeness (QED) is 0.781. The highest BCUT2D eigenvalue weighted by atomic mass is 16.2. The van der Waals surface area contributed by atoms with Gasteiger partial charge in [-0.3, -0.25) is 14.7 Å². The van der Waals surface area contributed by atoms with E-state index in [1.165, 1.54) is 6.92 Å². The number of nitrogens with one attached hydrogen (secondary N) is 2. The molecule has 1 rings (SSSR count). The summed E-state index contributed by atoms with van der Waals surface area (Å²) in [6.07, 6.45) is 3.13. The van der Waals surface area contributed by atoms with E-state index in [0.29, 0.717) is 13.0 Å². The topological polar surface area (TPSA) is 78.1 Å². The van der Waals surface area contributed by atoms with Gasteiger partial charge in [0.2, 0.25) is 11.8 Å². The van der Waals surface area contributed by atoms with E-state index in [9.17, 15) is 9.59 Å². The van der Waals surface area contributed by atoms with Crippen molar-refractivity contribution in [2.24, 2.45) is 0 Å². The molecular weight excluding hydrogens is 232 g/mol.